The zero-order chi connectivity index (χ0) is 11.8. The van der Waals surface area contributed by atoms with Crippen LogP contribution in [-0.2, 0) is 0 Å². The quantitative estimate of drug-likeness (QED) is 0.616. The van der Waals surface area contributed by atoms with Crippen LogP contribution >= 0.6 is 0 Å². The van der Waals surface area contributed by atoms with Crippen molar-refractivity contribution in [2.75, 3.05) is 11.5 Å². The molecule has 4 N–H and O–H groups in total. The fourth-order valence-electron chi connectivity index (χ4n) is 1.78. The number of nitrogens with zero attached hydrogens (tertiary/aromatic N) is 3. The van der Waals surface area contributed by atoms with E-state index in [-0.39, 0.29) is 0 Å². The molecule has 0 unspecified atom stereocenters. The maximum atomic E-state index is 5.76. The predicted molar refractivity (Wildman–Crippen MR) is 67.2 cm³/mol. The molecule has 3 aromatic rings. The fourth-order valence-corrected chi connectivity index (χ4v) is 1.78. The van der Waals surface area contributed by atoms with E-state index in [4.69, 9.17) is 11.5 Å². The lowest BCUT2D eigenvalue weighted by Gasteiger charge is -2.01. The van der Waals surface area contributed by atoms with Crippen LogP contribution in [0.1, 0.15) is 0 Å². The molecular weight excluding hydrogens is 214 g/mol. The van der Waals surface area contributed by atoms with Crippen LogP contribution < -0.4 is 11.5 Å². The molecule has 0 saturated carbocycles. The van der Waals surface area contributed by atoms with Crippen LogP contribution in [0.5, 0.6) is 0 Å². The van der Waals surface area contributed by atoms with E-state index in [1.54, 1.807) is 12.3 Å². The highest BCUT2D eigenvalue weighted by molar-refractivity contribution is 5.64. The van der Waals surface area contributed by atoms with Crippen LogP contribution in [0.2, 0.25) is 0 Å². The Morgan fingerprint density at radius 2 is 1.82 bits per heavy atom. The summed E-state index contributed by atoms with van der Waals surface area (Å²) in [7, 11) is 0. The largest absolute Gasteiger partial charge is 0.399 e. The number of pyridine rings is 1. The van der Waals surface area contributed by atoms with E-state index in [2.05, 4.69) is 10.2 Å². The molecule has 84 valence electrons. The Morgan fingerprint density at radius 3 is 2.65 bits per heavy atom. The summed E-state index contributed by atoms with van der Waals surface area (Å²) in [4.78, 5) is 0. The lowest BCUT2D eigenvalue weighted by Crippen LogP contribution is -1.93. The number of nitrogen functional groups attached to an aromatic ring is 2. The van der Waals surface area contributed by atoms with Gasteiger partial charge in [-0.1, -0.05) is 12.1 Å². The Bertz CT molecular complexity index is 686. The second-order valence-corrected chi connectivity index (χ2v) is 3.84. The molecular formula is C12H11N5. The Hall–Kier alpha value is -2.56. The van der Waals surface area contributed by atoms with Gasteiger partial charge in [0.15, 0.2) is 11.5 Å². The summed E-state index contributed by atoms with van der Waals surface area (Å²) < 4.78 is 1.85. The summed E-state index contributed by atoms with van der Waals surface area (Å²) in [5.74, 6) is 0.736. The van der Waals surface area contributed by atoms with Crippen LogP contribution in [-0.4, -0.2) is 14.6 Å². The fraction of sp³-hybridized carbons (Fsp3) is 0. The lowest BCUT2D eigenvalue weighted by molar-refractivity contribution is 1.11. The lowest BCUT2D eigenvalue weighted by atomic mass is 10.2. The number of rotatable bonds is 1. The average Bonchev–Trinajstić information content (AvgIpc) is 2.71. The summed E-state index contributed by atoms with van der Waals surface area (Å²) >= 11 is 0. The molecule has 17 heavy (non-hydrogen) atoms. The van der Waals surface area contributed by atoms with Crippen molar-refractivity contribution in [1.29, 1.82) is 0 Å². The normalized spacial score (nSPS) is 10.8. The minimum Gasteiger partial charge on any atom is -0.399 e. The SMILES string of the molecule is Nc1cccc(-c2nnc3ccc(N)cn23)c1. The van der Waals surface area contributed by atoms with Crippen LogP contribution in [0.4, 0.5) is 11.4 Å². The minimum atomic E-state index is 0.669. The van der Waals surface area contributed by atoms with Gasteiger partial charge in [-0.25, -0.2) is 0 Å². The van der Waals surface area contributed by atoms with Gasteiger partial charge in [0, 0.05) is 23.1 Å². The van der Waals surface area contributed by atoms with Crippen molar-refractivity contribution < 1.29 is 0 Å². The van der Waals surface area contributed by atoms with Crippen molar-refractivity contribution in [1.82, 2.24) is 14.6 Å². The van der Waals surface area contributed by atoms with Crippen molar-refractivity contribution in [2.24, 2.45) is 0 Å². The van der Waals surface area contributed by atoms with E-state index in [0.29, 0.717) is 11.4 Å². The molecule has 0 aliphatic heterocycles. The van der Waals surface area contributed by atoms with Crippen molar-refractivity contribution >= 4 is 17.0 Å². The number of aromatic nitrogens is 3. The molecule has 0 radical (unpaired) electrons. The van der Waals surface area contributed by atoms with E-state index in [0.717, 1.165) is 17.0 Å². The highest BCUT2D eigenvalue weighted by Crippen LogP contribution is 2.21. The Kier molecular flexibility index (Phi) is 1.98. The van der Waals surface area contributed by atoms with E-state index in [9.17, 15) is 0 Å². The van der Waals surface area contributed by atoms with Crippen molar-refractivity contribution in [3.63, 3.8) is 0 Å². The van der Waals surface area contributed by atoms with Gasteiger partial charge >= 0.3 is 0 Å². The van der Waals surface area contributed by atoms with Crippen LogP contribution in [0.3, 0.4) is 0 Å². The van der Waals surface area contributed by atoms with Crippen molar-refractivity contribution in [2.45, 2.75) is 0 Å². The molecule has 0 amide bonds. The first-order valence-corrected chi connectivity index (χ1v) is 5.20. The molecule has 1 aromatic carbocycles. The third-order valence-corrected chi connectivity index (χ3v) is 2.57. The molecule has 2 aromatic heterocycles. The molecule has 0 aliphatic carbocycles. The smallest absolute Gasteiger partial charge is 0.168 e. The topological polar surface area (TPSA) is 82.2 Å². The molecule has 0 fully saturated rings. The number of hydrogen-bond donors (Lipinski definition) is 2. The molecule has 0 bridgehead atoms. The van der Waals surface area contributed by atoms with Gasteiger partial charge in [-0.3, -0.25) is 4.40 Å². The van der Waals surface area contributed by atoms with Crippen LogP contribution in [0.15, 0.2) is 42.6 Å². The first-order valence-electron chi connectivity index (χ1n) is 5.20. The first-order chi connectivity index (χ1) is 8.24. The van der Waals surface area contributed by atoms with E-state index >= 15 is 0 Å². The standard InChI is InChI=1S/C12H11N5/c13-9-3-1-2-8(6-9)12-16-15-11-5-4-10(14)7-17(11)12/h1-7H,13-14H2. The molecule has 5 heteroatoms. The van der Waals surface area contributed by atoms with Gasteiger partial charge in [-0.05, 0) is 24.3 Å². The van der Waals surface area contributed by atoms with Crippen molar-refractivity contribution in [3.05, 3.63) is 42.6 Å². The second-order valence-electron chi connectivity index (χ2n) is 3.84. The summed E-state index contributed by atoms with van der Waals surface area (Å²) in [6, 6.07) is 11.2. The van der Waals surface area contributed by atoms with Gasteiger partial charge < -0.3 is 11.5 Å². The van der Waals surface area contributed by atoms with Gasteiger partial charge in [-0.15, -0.1) is 10.2 Å². The van der Waals surface area contributed by atoms with Gasteiger partial charge in [-0.2, -0.15) is 0 Å². The van der Waals surface area contributed by atoms with E-state index in [1.165, 1.54) is 0 Å². The molecule has 0 saturated heterocycles. The highest BCUT2D eigenvalue weighted by atomic mass is 15.2. The monoisotopic (exact) mass is 225 g/mol. The number of benzene rings is 1. The van der Waals surface area contributed by atoms with Gasteiger partial charge in [0.2, 0.25) is 0 Å². The zero-order valence-corrected chi connectivity index (χ0v) is 9.04. The van der Waals surface area contributed by atoms with E-state index < -0.39 is 0 Å². The zero-order valence-electron chi connectivity index (χ0n) is 9.04. The second kappa shape index (κ2) is 3.48. The first kappa shape index (κ1) is 9.65. The third-order valence-electron chi connectivity index (χ3n) is 2.57. The van der Waals surface area contributed by atoms with Crippen LogP contribution in [0.25, 0.3) is 17.0 Å². The average molecular weight is 225 g/mol. The third kappa shape index (κ3) is 1.57. The molecule has 2 heterocycles. The highest BCUT2D eigenvalue weighted by Gasteiger charge is 2.07. The summed E-state index contributed by atoms with van der Waals surface area (Å²) in [6.07, 6.45) is 1.80. The maximum Gasteiger partial charge on any atom is 0.168 e. The molecule has 3 rings (SSSR count). The van der Waals surface area contributed by atoms with E-state index in [1.807, 2.05) is 34.7 Å². The number of hydrogen-bond acceptors (Lipinski definition) is 4. The Labute approximate surface area is 97.7 Å². The minimum absolute atomic E-state index is 0.669. The van der Waals surface area contributed by atoms with Gasteiger partial charge in [0.25, 0.3) is 0 Å². The number of fused-ring (bicyclic) bond motifs is 1. The number of anilines is 2. The Morgan fingerprint density at radius 1 is 0.941 bits per heavy atom. The Balaban J connectivity index is 2.27. The van der Waals surface area contributed by atoms with Crippen molar-refractivity contribution in [3.8, 4) is 11.4 Å². The summed E-state index contributed by atoms with van der Waals surface area (Å²) in [6.45, 7) is 0. The molecule has 0 spiro atoms. The number of nitrogens with two attached hydrogens (primary N) is 2. The molecule has 0 aliphatic rings. The molecule has 5 nitrogen and oxygen atoms in total. The summed E-state index contributed by atoms with van der Waals surface area (Å²) in [5.41, 5.74) is 14.6. The predicted octanol–water partition coefficient (Wildman–Crippen LogP) is 1.56. The van der Waals surface area contributed by atoms with Gasteiger partial charge in [0.05, 0.1) is 0 Å². The van der Waals surface area contributed by atoms with Gasteiger partial charge in [0.1, 0.15) is 0 Å². The summed E-state index contributed by atoms with van der Waals surface area (Å²) in [5, 5.41) is 8.23. The maximum absolute atomic E-state index is 5.76. The van der Waals surface area contributed by atoms with Crippen LogP contribution in [0, 0.1) is 0 Å². The molecule has 0 atom stereocenters.